The first-order chi connectivity index (χ1) is 9.55. The third-order valence-corrected chi connectivity index (χ3v) is 5.89. The summed E-state index contributed by atoms with van der Waals surface area (Å²) in [5.74, 6) is 1.86. The Morgan fingerprint density at radius 1 is 1.30 bits per heavy atom. The van der Waals surface area contributed by atoms with E-state index in [4.69, 9.17) is 0 Å². The molecule has 0 aromatic carbocycles. The van der Waals surface area contributed by atoms with Crippen molar-refractivity contribution in [3.63, 3.8) is 0 Å². The molecular formula is C16H22N2O2. The van der Waals surface area contributed by atoms with Crippen molar-refractivity contribution in [3.8, 4) is 0 Å². The number of aryl methyl sites for hydroxylation is 1. The van der Waals surface area contributed by atoms with Crippen molar-refractivity contribution in [1.82, 2.24) is 9.55 Å². The Hall–Kier alpha value is -1.32. The van der Waals surface area contributed by atoms with E-state index in [1.165, 1.54) is 38.5 Å². The molecule has 1 N–H and O–H groups in total. The topological polar surface area (TPSA) is 55.1 Å². The van der Waals surface area contributed by atoms with Gasteiger partial charge in [0.1, 0.15) is 5.69 Å². The van der Waals surface area contributed by atoms with Crippen LogP contribution in [0.1, 0.15) is 54.7 Å². The maximum absolute atomic E-state index is 11.4. The van der Waals surface area contributed by atoms with Gasteiger partial charge in [-0.2, -0.15) is 0 Å². The van der Waals surface area contributed by atoms with Crippen LogP contribution in [0.2, 0.25) is 0 Å². The van der Waals surface area contributed by atoms with Crippen molar-refractivity contribution in [3.05, 3.63) is 17.7 Å². The molecule has 4 bridgehead atoms. The number of rotatable bonds is 3. The molecule has 0 aliphatic heterocycles. The molecule has 0 saturated heterocycles. The fourth-order valence-corrected chi connectivity index (χ4v) is 5.73. The molecule has 5 rings (SSSR count). The first kappa shape index (κ1) is 12.4. The first-order valence-corrected chi connectivity index (χ1v) is 7.80. The van der Waals surface area contributed by atoms with E-state index in [-0.39, 0.29) is 0 Å². The molecule has 0 unspecified atom stereocenters. The van der Waals surface area contributed by atoms with Crippen molar-refractivity contribution >= 4 is 5.97 Å². The Morgan fingerprint density at radius 3 is 2.35 bits per heavy atom. The molecule has 20 heavy (non-hydrogen) atoms. The van der Waals surface area contributed by atoms with Crippen LogP contribution in [0, 0.1) is 30.1 Å². The second-order valence-electron chi connectivity index (χ2n) is 7.53. The first-order valence-electron chi connectivity index (χ1n) is 7.80. The third kappa shape index (κ3) is 1.80. The van der Waals surface area contributed by atoms with E-state index in [9.17, 15) is 9.90 Å². The van der Waals surface area contributed by atoms with Crippen LogP contribution < -0.4 is 0 Å². The average Bonchev–Trinajstić information content (AvgIpc) is 2.67. The number of imidazole rings is 1. The summed E-state index contributed by atoms with van der Waals surface area (Å²) in [4.78, 5) is 15.6. The summed E-state index contributed by atoms with van der Waals surface area (Å²) >= 11 is 0. The van der Waals surface area contributed by atoms with Crippen LogP contribution >= 0.6 is 0 Å². The van der Waals surface area contributed by atoms with Gasteiger partial charge in [0.2, 0.25) is 0 Å². The molecule has 4 saturated carbocycles. The molecule has 4 nitrogen and oxygen atoms in total. The van der Waals surface area contributed by atoms with Gasteiger partial charge in [0.15, 0.2) is 0 Å². The molecule has 4 heteroatoms. The molecule has 0 amide bonds. The lowest BCUT2D eigenvalue weighted by molar-refractivity contribution is -0.0621. The number of carboxylic acids is 1. The molecule has 4 aliphatic carbocycles. The standard InChI is InChI=1S/C16H22N2O2/c1-10-14(15(19)20)18(9-17-10)8-16-5-11-2-12(6-16)4-13(3-11)7-16/h9,11-13H,2-8H2,1H3,(H,19,20). The van der Waals surface area contributed by atoms with E-state index in [0.717, 1.165) is 24.3 Å². The van der Waals surface area contributed by atoms with Gasteiger partial charge in [0.25, 0.3) is 0 Å². The lowest BCUT2D eigenvalue weighted by Crippen LogP contribution is -2.48. The van der Waals surface area contributed by atoms with Crippen molar-refractivity contribution in [1.29, 1.82) is 0 Å². The smallest absolute Gasteiger partial charge is 0.354 e. The van der Waals surface area contributed by atoms with Crippen LogP contribution in [0.5, 0.6) is 0 Å². The van der Waals surface area contributed by atoms with Gasteiger partial charge in [-0.3, -0.25) is 0 Å². The Kier molecular flexibility index (Phi) is 2.54. The number of hydrogen-bond donors (Lipinski definition) is 1. The minimum atomic E-state index is -0.843. The van der Waals surface area contributed by atoms with E-state index in [1.807, 2.05) is 4.57 Å². The summed E-state index contributed by atoms with van der Waals surface area (Å²) in [5.41, 5.74) is 1.38. The quantitative estimate of drug-likeness (QED) is 0.921. The highest BCUT2D eigenvalue weighted by Crippen LogP contribution is 2.60. The maximum Gasteiger partial charge on any atom is 0.354 e. The van der Waals surface area contributed by atoms with Crippen molar-refractivity contribution in [2.45, 2.75) is 52.0 Å². The van der Waals surface area contributed by atoms with Gasteiger partial charge in [0, 0.05) is 6.54 Å². The predicted octanol–water partition coefficient (Wildman–Crippen LogP) is 3.11. The lowest BCUT2D eigenvalue weighted by atomic mass is 9.49. The molecule has 4 aliphatic rings. The molecule has 1 aromatic rings. The Morgan fingerprint density at radius 2 is 1.85 bits per heavy atom. The van der Waals surface area contributed by atoms with E-state index in [2.05, 4.69) is 4.98 Å². The second kappa shape index (κ2) is 4.09. The molecule has 108 valence electrons. The number of hydrogen-bond acceptors (Lipinski definition) is 2. The SMILES string of the molecule is Cc1ncn(CC23CC4CC(CC(C4)C2)C3)c1C(=O)O. The van der Waals surface area contributed by atoms with Crippen LogP contribution in [-0.2, 0) is 6.54 Å². The van der Waals surface area contributed by atoms with E-state index in [0.29, 0.717) is 16.8 Å². The zero-order valence-electron chi connectivity index (χ0n) is 12.0. The summed E-state index contributed by atoms with van der Waals surface area (Å²) in [7, 11) is 0. The van der Waals surface area contributed by atoms with Gasteiger partial charge in [-0.15, -0.1) is 0 Å². The normalized spacial score (nSPS) is 38.4. The Labute approximate surface area is 119 Å². The zero-order chi connectivity index (χ0) is 13.9. The fourth-order valence-electron chi connectivity index (χ4n) is 5.73. The molecule has 0 spiro atoms. The van der Waals surface area contributed by atoms with Crippen molar-refractivity contribution < 1.29 is 9.90 Å². The van der Waals surface area contributed by atoms with Gasteiger partial charge in [-0.25, -0.2) is 9.78 Å². The lowest BCUT2D eigenvalue weighted by Gasteiger charge is -2.57. The predicted molar refractivity (Wildman–Crippen MR) is 74.5 cm³/mol. The van der Waals surface area contributed by atoms with Gasteiger partial charge in [-0.1, -0.05) is 0 Å². The molecule has 0 radical (unpaired) electrons. The van der Waals surface area contributed by atoms with Gasteiger partial charge in [-0.05, 0) is 68.6 Å². The molecule has 1 aromatic heterocycles. The minimum Gasteiger partial charge on any atom is -0.477 e. The summed E-state index contributed by atoms with van der Waals surface area (Å²) in [5, 5.41) is 9.39. The largest absolute Gasteiger partial charge is 0.477 e. The summed E-state index contributed by atoms with van der Waals surface area (Å²) in [6, 6.07) is 0. The summed E-state index contributed by atoms with van der Waals surface area (Å²) in [6.07, 6.45) is 9.91. The highest BCUT2D eigenvalue weighted by molar-refractivity contribution is 5.86. The fraction of sp³-hybridized carbons (Fsp3) is 0.750. The van der Waals surface area contributed by atoms with Crippen LogP contribution in [0.25, 0.3) is 0 Å². The van der Waals surface area contributed by atoms with Gasteiger partial charge < -0.3 is 9.67 Å². The minimum absolute atomic E-state index is 0.353. The number of carbonyl (C=O) groups is 1. The van der Waals surface area contributed by atoms with E-state index < -0.39 is 5.97 Å². The second-order valence-corrected chi connectivity index (χ2v) is 7.53. The van der Waals surface area contributed by atoms with Crippen LogP contribution in [0.4, 0.5) is 0 Å². The third-order valence-electron chi connectivity index (χ3n) is 5.89. The average molecular weight is 274 g/mol. The summed E-state index contributed by atoms with van der Waals surface area (Å²) < 4.78 is 1.91. The van der Waals surface area contributed by atoms with E-state index >= 15 is 0 Å². The monoisotopic (exact) mass is 274 g/mol. The number of nitrogens with zero attached hydrogens (tertiary/aromatic N) is 2. The van der Waals surface area contributed by atoms with Crippen molar-refractivity contribution in [2.24, 2.45) is 23.2 Å². The highest BCUT2D eigenvalue weighted by atomic mass is 16.4. The Bertz CT molecular complexity index is 526. The van der Waals surface area contributed by atoms with Crippen LogP contribution in [0.15, 0.2) is 6.33 Å². The molecule has 4 fully saturated rings. The van der Waals surface area contributed by atoms with E-state index in [1.54, 1.807) is 13.3 Å². The van der Waals surface area contributed by atoms with Gasteiger partial charge in [0.05, 0.1) is 12.0 Å². The molecular weight excluding hydrogens is 252 g/mol. The Balaban J connectivity index is 1.64. The number of aromatic carboxylic acids is 1. The molecule has 1 heterocycles. The maximum atomic E-state index is 11.4. The van der Waals surface area contributed by atoms with Crippen molar-refractivity contribution in [2.75, 3.05) is 0 Å². The summed E-state index contributed by atoms with van der Waals surface area (Å²) in [6.45, 7) is 2.65. The highest BCUT2D eigenvalue weighted by Gasteiger charge is 2.51. The van der Waals surface area contributed by atoms with Gasteiger partial charge >= 0.3 is 5.97 Å². The molecule has 0 atom stereocenters. The zero-order valence-corrected chi connectivity index (χ0v) is 12.0. The van der Waals surface area contributed by atoms with Crippen LogP contribution in [0.3, 0.4) is 0 Å². The number of carboxylic acid groups (broad SMARTS) is 1. The number of aromatic nitrogens is 2. The van der Waals surface area contributed by atoms with Crippen LogP contribution in [-0.4, -0.2) is 20.6 Å².